The molecule has 7 nitrogen and oxygen atoms in total. The topological polar surface area (TPSA) is 86.3 Å². The van der Waals surface area contributed by atoms with Crippen LogP contribution in [0.2, 0.25) is 0 Å². The van der Waals surface area contributed by atoms with E-state index in [9.17, 15) is 9.90 Å². The van der Waals surface area contributed by atoms with Crippen molar-refractivity contribution in [3.8, 4) is 23.0 Å². The van der Waals surface area contributed by atoms with Gasteiger partial charge in [0.2, 0.25) is 5.91 Å². The van der Waals surface area contributed by atoms with Crippen LogP contribution in [-0.2, 0) is 11.2 Å². The molecule has 2 aromatic carbocycles. The van der Waals surface area contributed by atoms with Gasteiger partial charge in [0.1, 0.15) is 13.2 Å². The summed E-state index contributed by atoms with van der Waals surface area (Å²) in [7, 11) is 3.16. The maximum atomic E-state index is 12.1. The predicted molar refractivity (Wildman–Crippen MR) is 103 cm³/mol. The lowest BCUT2D eigenvalue weighted by atomic mass is 10.1. The third-order valence-corrected chi connectivity index (χ3v) is 4.53. The van der Waals surface area contributed by atoms with Gasteiger partial charge in [-0.2, -0.15) is 0 Å². The summed E-state index contributed by atoms with van der Waals surface area (Å²) in [6.45, 7) is 1.13. The number of hydrogen-bond donors (Lipinski definition) is 2. The molecule has 0 fully saturated rings. The smallest absolute Gasteiger partial charge is 0.220 e. The van der Waals surface area contributed by atoms with E-state index >= 15 is 0 Å². The largest absolute Gasteiger partial charge is 0.493 e. The molecule has 0 saturated heterocycles. The van der Waals surface area contributed by atoms with Crippen molar-refractivity contribution >= 4 is 5.91 Å². The van der Waals surface area contributed by atoms with E-state index in [2.05, 4.69) is 5.32 Å². The van der Waals surface area contributed by atoms with Crippen molar-refractivity contribution in [3.63, 3.8) is 0 Å². The van der Waals surface area contributed by atoms with E-state index in [1.807, 2.05) is 18.2 Å². The number of aliphatic hydroxyl groups is 1. The molecule has 28 heavy (non-hydrogen) atoms. The van der Waals surface area contributed by atoms with Crippen LogP contribution in [0.25, 0.3) is 0 Å². The molecule has 0 spiro atoms. The first-order chi connectivity index (χ1) is 13.6. The van der Waals surface area contributed by atoms with E-state index in [1.54, 1.807) is 32.4 Å². The monoisotopic (exact) mass is 387 g/mol. The Hall–Kier alpha value is -2.93. The highest BCUT2D eigenvalue weighted by molar-refractivity contribution is 5.76. The van der Waals surface area contributed by atoms with E-state index < -0.39 is 6.10 Å². The van der Waals surface area contributed by atoms with E-state index in [0.29, 0.717) is 54.6 Å². The van der Waals surface area contributed by atoms with Crippen LogP contribution in [0.1, 0.15) is 23.7 Å². The number of benzene rings is 2. The molecular weight excluding hydrogens is 362 g/mol. The van der Waals surface area contributed by atoms with Gasteiger partial charge in [-0.1, -0.05) is 12.1 Å². The SMILES string of the molecule is COc1ccc(CCC(=O)NCC(O)c2ccc3c(c2)OCCO3)cc1OC. The van der Waals surface area contributed by atoms with Gasteiger partial charge in [-0.3, -0.25) is 4.79 Å². The molecule has 1 aliphatic rings. The Morgan fingerprint density at radius 2 is 1.82 bits per heavy atom. The minimum absolute atomic E-state index is 0.129. The third kappa shape index (κ3) is 4.86. The average Bonchev–Trinajstić information content (AvgIpc) is 2.75. The summed E-state index contributed by atoms with van der Waals surface area (Å²) in [6.07, 6.45) is 0.0520. The van der Waals surface area contributed by atoms with E-state index in [0.717, 1.165) is 5.56 Å². The predicted octanol–water partition coefficient (Wildman–Crippen LogP) is 2.26. The summed E-state index contributed by atoms with van der Waals surface area (Å²) in [5.74, 6) is 2.43. The minimum Gasteiger partial charge on any atom is -0.493 e. The van der Waals surface area contributed by atoms with Crippen LogP contribution in [-0.4, -0.2) is 45.0 Å². The highest BCUT2D eigenvalue weighted by Gasteiger charge is 2.16. The Morgan fingerprint density at radius 1 is 1.07 bits per heavy atom. The number of aliphatic hydroxyl groups excluding tert-OH is 1. The summed E-state index contributed by atoms with van der Waals surface area (Å²) < 4.78 is 21.5. The Balaban J connectivity index is 1.49. The maximum Gasteiger partial charge on any atom is 0.220 e. The van der Waals surface area contributed by atoms with Crippen LogP contribution >= 0.6 is 0 Å². The van der Waals surface area contributed by atoms with Crippen LogP contribution in [0.4, 0.5) is 0 Å². The second kappa shape index (κ2) is 9.32. The number of ether oxygens (including phenoxy) is 4. The highest BCUT2D eigenvalue weighted by atomic mass is 16.6. The molecule has 1 heterocycles. The first-order valence-corrected chi connectivity index (χ1v) is 9.16. The number of hydrogen-bond acceptors (Lipinski definition) is 6. The number of methoxy groups -OCH3 is 2. The number of fused-ring (bicyclic) bond motifs is 1. The molecule has 0 saturated carbocycles. The second-order valence-electron chi connectivity index (χ2n) is 6.41. The number of aryl methyl sites for hydroxylation is 1. The Bertz CT molecular complexity index is 823. The zero-order valence-corrected chi connectivity index (χ0v) is 16.1. The fourth-order valence-electron chi connectivity index (χ4n) is 2.98. The fraction of sp³-hybridized carbons (Fsp3) is 0.381. The molecule has 0 bridgehead atoms. The molecule has 150 valence electrons. The van der Waals surface area contributed by atoms with Crippen molar-refractivity contribution in [1.29, 1.82) is 0 Å². The highest BCUT2D eigenvalue weighted by Crippen LogP contribution is 2.32. The van der Waals surface area contributed by atoms with Crippen LogP contribution in [0.15, 0.2) is 36.4 Å². The zero-order valence-electron chi connectivity index (χ0n) is 16.1. The van der Waals surface area contributed by atoms with E-state index in [1.165, 1.54) is 0 Å². The first kappa shape index (κ1) is 19.8. The number of amides is 1. The van der Waals surface area contributed by atoms with Gasteiger partial charge in [-0.15, -0.1) is 0 Å². The summed E-state index contributed by atoms with van der Waals surface area (Å²) >= 11 is 0. The molecule has 1 unspecified atom stereocenters. The number of rotatable bonds is 8. The molecular formula is C21H25NO6. The molecule has 7 heteroatoms. The second-order valence-corrected chi connectivity index (χ2v) is 6.41. The molecule has 0 aliphatic carbocycles. The van der Waals surface area contributed by atoms with Gasteiger partial charge < -0.3 is 29.4 Å². The molecule has 1 atom stereocenters. The Labute approximate surface area is 164 Å². The van der Waals surface area contributed by atoms with E-state index in [4.69, 9.17) is 18.9 Å². The lowest BCUT2D eigenvalue weighted by Gasteiger charge is -2.20. The lowest BCUT2D eigenvalue weighted by Crippen LogP contribution is -2.28. The fourth-order valence-corrected chi connectivity index (χ4v) is 2.98. The number of nitrogens with one attached hydrogen (secondary N) is 1. The average molecular weight is 387 g/mol. The van der Waals surface area contributed by atoms with Crippen molar-refractivity contribution < 1.29 is 28.8 Å². The minimum atomic E-state index is -0.819. The molecule has 1 amide bonds. The molecule has 1 aliphatic heterocycles. The van der Waals surface area contributed by atoms with Crippen LogP contribution in [0.5, 0.6) is 23.0 Å². The summed E-state index contributed by atoms with van der Waals surface area (Å²) in [6, 6.07) is 10.9. The van der Waals surface area contributed by atoms with Gasteiger partial charge in [0.25, 0.3) is 0 Å². The van der Waals surface area contributed by atoms with Gasteiger partial charge in [0.05, 0.1) is 20.3 Å². The zero-order chi connectivity index (χ0) is 19.9. The molecule has 2 N–H and O–H groups in total. The van der Waals surface area contributed by atoms with Crippen LogP contribution in [0, 0.1) is 0 Å². The molecule has 3 rings (SSSR count). The maximum absolute atomic E-state index is 12.1. The van der Waals surface area contributed by atoms with Crippen molar-refractivity contribution in [2.24, 2.45) is 0 Å². The Morgan fingerprint density at radius 3 is 2.57 bits per heavy atom. The van der Waals surface area contributed by atoms with Gasteiger partial charge >= 0.3 is 0 Å². The summed E-state index contributed by atoms with van der Waals surface area (Å²) in [4.78, 5) is 12.1. The quantitative estimate of drug-likeness (QED) is 0.723. The van der Waals surface area contributed by atoms with Gasteiger partial charge in [-0.25, -0.2) is 0 Å². The van der Waals surface area contributed by atoms with Crippen LogP contribution < -0.4 is 24.3 Å². The van der Waals surface area contributed by atoms with Gasteiger partial charge in [0, 0.05) is 13.0 Å². The van der Waals surface area contributed by atoms with Crippen molar-refractivity contribution in [2.75, 3.05) is 34.0 Å². The normalized spacial score (nSPS) is 13.5. The number of carbonyl (C=O) groups is 1. The lowest BCUT2D eigenvalue weighted by molar-refractivity contribution is -0.121. The first-order valence-electron chi connectivity index (χ1n) is 9.16. The van der Waals surface area contributed by atoms with Gasteiger partial charge in [-0.05, 0) is 41.8 Å². The summed E-state index contributed by atoms with van der Waals surface area (Å²) in [5, 5.41) is 13.1. The van der Waals surface area contributed by atoms with Crippen molar-refractivity contribution in [3.05, 3.63) is 47.5 Å². The molecule has 0 aromatic heterocycles. The van der Waals surface area contributed by atoms with Crippen molar-refractivity contribution in [2.45, 2.75) is 18.9 Å². The summed E-state index contributed by atoms with van der Waals surface area (Å²) in [5.41, 5.74) is 1.64. The van der Waals surface area contributed by atoms with E-state index in [-0.39, 0.29) is 12.5 Å². The van der Waals surface area contributed by atoms with Gasteiger partial charge in [0.15, 0.2) is 23.0 Å². The number of carbonyl (C=O) groups excluding carboxylic acids is 1. The standard InChI is InChI=1S/C21H25NO6/c1-25-17-6-3-14(11-19(17)26-2)4-8-21(24)22-13-16(23)15-5-7-18-20(12-15)28-10-9-27-18/h3,5-7,11-12,16,23H,4,8-10,13H2,1-2H3,(H,22,24). The Kier molecular flexibility index (Phi) is 6.60. The van der Waals surface area contributed by atoms with Crippen LogP contribution in [0.3, 0.4) is 0 Å². The van der Waals surface area contributed by atoms with Crippen molar-refractivity contribution in [1.82, 2.24) is 5.32 Å². The third-order valence-electron chi connectivity index (χ3n) is 4.53. The molecule has 2 aromatic rings. The molecule has 0 radical (unpaired) electrons.